The summed E-state index contributed by atoms with van der Waals surface area (Å²) in [6.45, 7) is 6.80. The Morgan fingerprint density at radius 3 is 2.53 bits per heavy atom. The van der Waals surface area contributed by atoms with Gasteiger partial charge in [0.2, 0.25) is 0 Å². The van der Waals surface area contributed by atoms with Gasteiger partial charge < -0.3 is 4.90 Å². The molecule has 3 aromatic rings. The first-order valence-corrected chi connectivity index (χ1v) is 10.5. The number of aryl methyl sites for hydroxylation is 1. The third-order valence-electron chi connectivity index (χ3n) is 5.86. The Morgan fingerprint density at radius 1 is 1.10 bits per heavy atom. The first-order valence-electron chi connectivity index (χ1n) is 10.1. The van der Waals surface area contributed by atoms with Crippen LogP contribution in [0.4, 0.5) is 0 Å². The maximum atomic E-state index is 12.8. The van der Waals surface area contributed by atoms with Gasteiger partial charge in [0.25, 0.3) is 11.5 Å². The molecular formula is C23H25ClN4O2. The Balaban J connectivity index is 1.51. The lowest BCUT2D eigenvalue weighted by atomic mass is 10.1. The van der Waals surface area contributed by atoms with E-state index < -0.39 is 0 Å². The molecule has 1 fully saturated rings. The molecular weight excluding hydrogens is 400 g/mol. The number of halogens is 1. The van der Waals surface area contributed by atoms with Gasteiger partial charge in [-0.3, -0.25) is 19.1 Å². The van der Waals surface area contributed by atoms with Gasteiger partial charge in [-0.05, 0) is 44.2 Å². The minimum absolute atomic E-state index is 0.0426. The number of benzene rings is 2. The minimum atomic E-state index is -0.0994. The Hall–Kier alpha value is -2.70. The van der Waals surface area contributed by atoms with E-state index in [1.807, 2.05) is 36.1 Å². The molecule has 0 aliphatic carbocycles. The molecule has 0 radical (unpaired) electrons. The molecule has 1 unspecified atom stereocenters. The zero-order valence-electron chi connectivity index (χ0n) is 17.4. The van der Waals surface area contributed by atoms with Crippen molar-refractivity contribution in [1.82, 2.24) is 19.4 Å². The van der Waals surface area contributed by atoms with Gasteiger partial charge in [0, 0.05) is 43.8 Å². The first kappa shape index (κ1) is 20.6. The Kier molecular flexibility index (Phi) is 5.62. The van der Waals surface area contributed by atoms with Crippen LogP contribution in [0.15, 0.2) is 47.3 Å². The van der Waals surface area contributed by atoms with Gasteiger partial charge in [-0.1, -0.05) is 29.3 Å². The van der Waals surface area contributed by atoms with Crippen molar-refractivity contribution < 1.29 is 4.79 Å². The number of nitrogens with zero attached hydrogens (tertiary/aromatic N) is 4. The SMILES string of the molecule is Cc1cccc(C(=O)N2CCN(C(C)c3nc4ccc(Cl)cc4c(=O)n3C)CC2)c1. The van der Waals surface area contributed by atoms with Gasteiger partial charge in [0.1, 0.15) is 5.82 Å². The fourth-order valence-electron chi connectivity index (χ4n) is 4.07. The second kappa shape index (κ2) is 8.20. The van der Waals surface area contributed by atoms with Crippen molar-refractivity contribution in [3.05, 3.63) is 74.8 Å². The van der Waals surface area contributed by atoms with Crippen LogP contribution >= 0.6 is 11.6 Å². The number of aromatic nitrogens is 2. The molecule has 1 aliphatic rings. The van der Waals surface area contributed by atoms with E-state index in [2.05, 4.69) is 11.8 Å². The lowest BCUT2D eigenvalue weighted by Crippen LogP contribution is -2.49. The number of carbonyl (C=O) groups excluding carboxylic acids is 1. The normalized spacial score (nSPS) is 16.1. The molecule has 0 bridgehead atoms. The highest BCUT2D eigenvalue weighted by atomic mass is 35.5. The standard InChI is InChI=1S/C23H25ClN4O2/c1-15-5-4-6-17(13-15)22(29)28-11-9-27(10-12-28)16(2)21-25-20-8-7-18(24)14-19(20)23(30)26(21)3/h4-8,13-14,16H,9-12H2,1-3H3. The molecule has 1 saturated heterocycles. The van der Waals surface area contributed by atoms with E-state index in [-0.39, 0.29) is 17.5 Å². The molecule has 7 heteroatoms. The third kappa shape index (κ3) is 3.85. The molecule has 4 rings (SSSR count). The predicted octanol–water partition coefficient (Wildman–Crippen LogP) is 3.41. The van der Waals surface area contributed by atoms with Crippen LogP contribution in [-0.4, -0.2) is 51.4 Å². The van der Waals surface area contributed by atoms with Crippen molar-refractivity contribution >= 4 is 28.4 Å². The average Bonchev–Trinajstić information content (AvgIpc) is 2.76. The van der Waals surface area contributed by atoms with Crippen molar-refractivity contribution in [2.75, 3.05) is 26.2 Å². The molecule has 1 amide bonds. The zero-order chi connectivity index (χ0) is 21.4. The minimum Gasteiger partial charge on any atom is -0.336 e. The maximum Gasteiger partial charge on any atom is 0.261 e. The van der Waals surface area contributed by atoms with Gasteiger partial charge in [-0.2, -0.15) is 0 Å². The molecule has 1 atom stereocenters. The number of rotatable bonds is 3. The van der Waals surface area contributed by atoms with Crippen molar-refractivity contribution in [2.45, 2.75) is 19.9 Å². The van der Waals surface area contributed by atoms with Crippen molar-refractivity contribution in [2.24, 2.45) is 7.05 Å². The number of fused-ring (bicyclic) bond motifs is 1. The van der Waals surface area contributed by atoms with Gasteiger partial charge in [0.15, 0.2) is 0 Å². The number of amides is 1. The molecule has 0 saturated carbocycles. The predicted molar refractivity (Wildman–Crippen MR) is 119 cm³/mol. The number of piperazine rings is 1. The van der Waals surface area contributed by atoms with Gasteiger partial charge in [-0.25, -0.2) is 4.98 Å². The molecule has 1 aromatic heterocycles. The van der Waals surface area contributed by atoms with E-state index in [9.17, 15) is 9.59 Å². The van der Waals surface area contributed by atoms with E-state index >= 15 is 0 Å². The fourth-order valence-corrected chi connectivity index (χ4v) is 4.24. The Labute approximate surface area is 180 Å². The quantitative estimate of drug-likeness (QED) is 0.646. The zero-order valence-corrected chi connectivity index (χ0v) is 18.2. The average molecular weight is 425 g/mol. The Morgan fingerprint density at radius 2 is 1.83 bits per heavy atom. The fraction of sp³-hybridized carbons (Fsp3) is 0.348. The maximum absolute atomic E-state index is 12.8. The van der Waals surface area contributed by atoms with Crippen molar-refractivity contribution in [3.63, 3.8) is 0 Å². The second-order valence-corrected chi connectivity index (χ2v) is 8.31. The number of carbonyl (C=O) groups is 1. The first-order chi connectivity index (χ1) is 14.3. The van der Waals surface area contributed by atoms with E-state index in [0.717, 1.165) is 24.2 Å². The van der Waals surface area contributed by atoms with E-state index in [1.54, 1.807) is 29.8 Å². The summed E-state index contributed by atoms with van der Waals surface area (Å²) in [7, 11) is 1.75. The second-order valence-electron chi connectivity index (χ2n) is 7.87. The van der Waals surface area contributed by atoms with Crippen molar-refractivity contribution in [1.29, 1.82) is 0 Å². The summed E-state index contributed by atoms with van der Waals surface area (Å²) in [5, 5.41) is 1.05. The van der Waals surface area contributed by atoms with E-state index in [4.69, 9.17) is 16.6 Å². The van der Waals surface area contributed by atoms with Crippen LogP contribution in [0.3, 0.4) is 0 Å². The molecule has 1 aliphatic heterocycles. The van der Waals surface area contributed by atoms with Crippen LogP contribution in [0.2, 0.25) is 5.02 Å². The molecule has 2 aromatic carbocycles. The number of hydrogen-bond donors (Lipinski definition) is 0. The van der Waals surface area contributed by atoms with E-state index in [1.165, 1.54) is 0 Å². The highest BCUT2D eigenvalue weighted by Gasteiger charge is 2.27. The van der Waals surface area contributed by atoms with Gasteiger partial charge >= 0.3 is 0 Å². The van der Waals surface area contributed by atoms with Crippen LogP contribution < -0.4 is 5.56 Å². The summed E-state index contributed by atoms with van der Waals surface area (Å²) in [5.41, 5.74) is 2.36. The lowest BCUT2D eigenvalue weighted by molar-refractivity contribution is 0.0572. The molecule has 156 valence electrons. The summed E-state index contributed by atoms with van der Waals surface area (Å²) >= 11 is 6.04. The van der Waals surface area contributed by atoms with Gasteiger partial charge in [-0.15, -0.1) is 0 Å². The molecule has 6 nitrogen and oxygen atoms in total. The van der Waals surface area contributed by atoms with Crippen molar-refractivity contribution in [3.8, 4) is 0 Å². The summed E-state index contributed by atoms with van der Waals surface area (Å²) < 4.78 is 1.60. The van der Waals surface area contributed by atoms with E-state index in [0.29, 0.717) is 34.8 Å². The van der Waals surface area contributed by atoms with Crippen LogP contribution in [0, 0.1) is 6.92 Å². The summed E-state index contributed by atoms with van der Waals surface area (Å²) in [5.74, 6) is 0.785. The molecule has 2 heterocycles. The van der Waals surface area contributed by atoms with Gasteiger partial charge in [0.05, 0.1) is 16.9 Å². The third-order valence-corrected chi connectivity index (χ3v) is 6.10. The molecule has 0 N–H and O–H groups in total. The monoisotopic (exact) mass is 424 g/mol. The highest BCUT2D eigenvalue weighted by Crippen LogP contribution is 2.22. The molecule has 0 spiro atoms. The van der Waals surface area contributed by atoms with Crippen LogP contribution in [0.5, 0.6) is 0 Å². The summed E-state index contributed by atoms with van der Waals surface area (Å²) in [4.78, 5) is 34.5. The summed E-state index contributed by atoms with van der Waals surface area (Å²) in [6, 6.07) is 12.9. The Bertz CT molecular complexity index is 1170. The highest BCUT2D eigenvalue weighted by molar-refractivity contribution is 6.31. The summed E-state index contributed by atoms with van der Waals surface area (Å²) in [6.07, 6.45) is 0. The van der Waals surface area contributed by atoms with Crippen LogP contribution in [0.1, 0.15) is 34.7 Å². The largest absolute Gasteiger partial charge is 0.336 e. The van der Waals surface area contributed by atoms with Crippen LogP contribution in [-0.2, 0) is 7.05 Å². The molecule has 30 heavy (non-hydrogen) atoms. The topological polar surface area (TPSA) is 58.4 Å². The number of hydrogen-bond acceptors (Lipinski definition) is 4. The lowest BCUT2D eigenvalue weighted by Gasteiger charge is -2.38. The van der Waals surface area contributed by atoms with Crippen LogP contribution in [0.25, 0.3) is 10.9 Å². The smallest absolute Gasteiger partial charge is 0.261 e.